The maximum atomic E-state index is 12.0. The van der Waals surface area contributed by atoms with Crippen molar-refractivity contribution in [3.8, 4) is 0 Å². The lowest BCUT2D eigenvalue weighted by molar-refractivity contribution is 0.0234. The van der Waals surface area contributed by atoms with E-state index in [0.717, 1.165) is 0 Å². The van der Waals surface area contributed by atoms with Crippen LogP contribution in [0.5, 0.6) is 0 Å². The summed E-state index contributed by atoms with van der Waals surface area (Å²) >= 11 is 0. The second-order valence-corrected chi connectivity index (χ2v) is 6.93. The van der Waals surface area contributed by atoms with Crippen molar-refractivity contribution >= 4 is 9.84 Å². The molecule has 1 aliphatic heterocycles. The monoisotopic (exact) mass is 278 g/mol. The molecular formula is C14H14O4S. The molecular weight excluding hydrogens is 264 g/mol. The van der Waals surface area contributed by atoms with Gasteiger partial charge in [-0.3, -0.25) is 0 Å². The van der Waals surface area contributed by atoms with E-state index in [0.29, 0.717) is 11.3 Å². The maximum absolute atomic E-state index is 12.0. The molecule has 0 amide bonds. The minimum atomic E-state index is -3.28. The van der Waals surface area contributed by atoms with Crippen molar-refractivity contribution in [2.75, 3.05) is 5.75 Å². The van der Waals surface area contributed by atoms with Gasteiger partial charge in [0.2, 0.25) is 0 Å². The molecule has 1 aliphatic rings. The lowest BCUT2D eigenvalue weighted by Gasteiger charge is -2.33. The maximum Gasteiger partial charge on any atom is 0.178 e. The third-order valence-corrected chi connectivity index (χ3v) is 5.32. The van der Waals surface area contributed by atoms with Crippen LogP contribution in [0, 0.1) is 0 Å². The van der Waals surface area contributed by atoms with Gasteiger partial charge in [0.05, 0.1) is 22.5 Å². The lowest BCUT2D eigenvalue weighted by atomic mass is 9.86. The average Bonchev–Trinajstić information content (AvgIpc) is 2.88. The Kier molecular flexibility index (Phi) is 2.76. The summed E-state index contributed by atoms with van der Waals surface area (Å²) in [6.45, 7) is 0. The predicted octanol–water partition coefficient (Wildman–Crippen LogP) is 1.89. The highest BCUT2D eigenvalue weighted by atomic mass is 32.2. The van der Waals surface area contributed by atoms with Gasteiger partial charge < -0.3 is 9.52 Å². The first kappa shape index (κ1) is 12.4. The molecule has 0 saturated carbocycles. The Balaban J connectivity index is 2.09. The lowest BCUT2D eigenvalue weighted by Crippen LogP contribution is -2.37. The van der Waals surface area contributed by atoms with Crippen LogP contribution in [-0.4, -0.2) is 19.3 Å². The molecule has 2 aromatic rings. The number of hydrogen-bond acceptors (Lipinski definition) is 4. The Morgan fingerprint density at radius 2 is 2.00 bits per heavy atom. The molecule has 1 atom stereocenters. The summed E-state index contributed by atoms with van der Waals surface area (Å²) in [7, 11) is -3.28. The molecule has 0 spiro atoms. The zero-order valence-electron chi connectivity index (χ0n) is 10.2. The standard InChI is InChI=1S/C14H14O4S/c15-14(10-11-4-3-8-18-11)7-9-19(16,17)13-6-2-1-5-12(13)14/h1-6,8,15H,7,9-10H2. The molecule has 0 fully saturated rings. The fourth-order valence-corrected chi connectivity index (χ4v) is 4.26. The topological polar surface area (TPSA) is 67.5 Å². The van der Waals surface area contributed by atoms with Crippen molar-refractivity contribution in [3.05, 3.63) is 54.0 Å². The molecule has 5 heteroatoms. The van der Waals surface area contributed by atoms with E-state index in [4.69, 9.17) is 4.42 Å². The molecule has 2 heterocycles. The van der Waals surface area contributed by atoms with E-state index in [1.165, 1.54) is 0 Å². The Morgan fingerprint density at radius 3 is 2.74 bits per heavy atom. The molecule has 100 valence electrons. The first-order valence-electron chi connectivity index (χ1n) is 6.08. The van der Waals surface area contributed by atoms with E-state index in [-0.39, 0.29) is 23.5 Å². The highest BCUT2D eigenvalue weighted by molar-refractivity contribution is 7.91. The van der Waals surface area contributed by atoms with Crippen molar-refractivity contribution in [1.82, 2.24) is 0 Å². The highest BCUT2D eigenvalue weighted by Crippen LogP contribution is 2.39. The van der Waals surface area contributed by atoms with Crippen molar-refractivity contribution in [2.24, 2.45) is 0 Å². The van der Waals surface area contributed by atoms with Gasteiger partial charge in [0.1, 0.15) is 5.76 Å². The number of aliphatic hydroxyl groups is 1. The van der Waals surface area contributed by atoms with E-state index in [2.05, 4.69) is 0 Å². The first-order chi connectivity index (χ1) is 9.01. The quantitative estimate of drug-likeness (QED) is 0.911. The molecule has 0 aliphatic carbocycles. The van der Waals surface area contributed by atoms with Crippen LogP contribution in [0.4, 0.5) is 0 Å². The summed E-state index contributed by atoms with van der Waals surface area (Å²) in [5, 5.41) is 10.8. The normalized spacial score (nSPS) is 24.9. The van der Waals surface area contributed by atoms with Crippen molar-refractivity contribution in [1.29, 1.82) is 0 Å². The summed E-state index contributed by atoms with van der Waals surface area (Å²) in [5.41, 5.74) is -0.711. The Hall–Kier alpha value is -1.59. The SMILES string of the molecule is O=S1(=O)CCC(O)(Cc2ccco2)c2ccccc21. The van der Waals surface area contributed by atoms with Gasteiger partial charge in [0, 0.05) is 12.0 Å². The third kappa shape index (κ3) is 2.09. The van der Waals surface area contributed by atoms with Gasteiger partial charge in [0.15, 0.2) is 9.84 Å². The highest BCUT2D eigenvalue weighted by Gasteiger charge is 2.40. The second-order valence-electron chi connectivity index (χ2n) is 4.85. The van der Waals surface area contributed by atoms with Crippen LogP contribution in [0.1, 0.15) is 17.7 Å². The Morgan fingerprint density at radius 1 is 1.21 bits per heavy atom. The van der Waals surface area contributed by atoms with Gasteiger partial charge in [-0.2, -0.15) is 0 Å². The average molecular weight is 278 g/mol. The van der Waals surface area contributed by atoms with Crippen LogP contribution in [0.15, 0.2) is 52.0 Å². The molecule has 19 heavy (non-hydrogen) atoms. The molecule has 4 nitrogen and oxygen atoms in total. The summed E-state index contributed by atoms with van der Waals surface area (Å²) in [5.74, 6) is 0.609. The summed E-state index contributed by atoms with van der Waals surface area (Å²) in [4.78, 5) is 0.232. The van der Waals surface area contributed by atoms with Crippen LogP contribution in [0.3, 0.4) is 0 Å². The van der Waals surface area contributed by atoms with Crippen molar-refractivity contribution in [2.45, 2.75) is 23.3 Å². The van der Waals surface area contributed by atoms with Crippen LogP contribution in [0.25, 0.3) is 0 Å². The van der Waals surface area contributed by atoms with E-state index < -0.39 is 15.4 Å². The van der Waals surface area contributed by atoms with E-state index in [9.17, 15) is 13.5 Å². The van der Waals surface area contributed by atoms with Gasteiger partial charge in [-0.1, -0.05) is 18.2 Å². The van der Waals surface area contributed by atoms with Crippen LogP contribution >= 0.6 is 0 Å². The fourth-order valence-electron chi connectivity index (χ4n) is 2.56. The van der Waals surface area contributed by atoms with Crippen molar-refractivity contribution in [3.63, 3.8) is 0 Å². The van der Waals surface area contributed by atoms with Gasteiger partial charge in [-0.15, -0.1) is 0 Å². The summed E-state index contributed by atoms with van der Waals surface area (Å²) in [6, 6.07) is 10.2. The minimum Gasteiger partial charge on any atom is -0.469 e. The van der Waals surface area contributed by atoms with Gasteiger partial charge in [-0.25, -0.2) is 8.42 Å². The Labute approximate surface area is 111 Å². The number of benzene rings is 1. The molecule has 1 aromatic carbocycles. The Bertz CT molecular complexity index is 688. The number of fused-ring (bicyclic) bond motifs is 1. The van der Waals surface area contributed by atoms with E-state index in [1.807, 2.05) is 0 Å². The van der Waals surface area contributed by atoms with Crippen LogP contribution in [-0.2, 0) is 21.9 Å². The fraction of sp³-hybridized carbons (Fsp3) is 0.286. The summed E-state index contributed by atoms with van der Waals surface area (Å²) in [6.07, 6.45) is 2.02. The molecule has 1 unspecified atom stereocenters. The first-order valence-corrected chi connectivity index (χ1v) is 7.74. The van der Waals surface area contributed by atoms with E-state index >= 15 is 0 Å². The smallest absolute Gasteiger partial charge is 0.178 e. The second kappa shape index (κ2) is 4.21. The number of furan rings is 1. The van der Waals surface area contributed by atoms with Crippen LogP contribution < -0.4 is 0 Å². The van der Waals surface area contributed by atoms with Gasteiger partial charge in [-0.05, 0) is 24.6 Å². The molecule has 3 rings (SSSR count). The summed E-state index contributed by atoms with van der Waals surface area (Å²) < 4.78 is 29.3. The zero-order chi connectivity index (χ0) is 13.5. The van der Waals surface area contributed by atoms with Gasteiger partial charge >= 0.3 is 0 Å². The zero-order valence-corrected chi connectivity index (χ0v) is 11.1. The predicted molar refractivity (Wildman–Crippen MR) is 69.4 cm³/mol. The molecule has 1 aromatic heterocycles. The number of rotatable bonds is 2. The molecule has 0 bridgehead atoms. The number of sulfone groups is 1. The third-order valence-electron chi connectivity index (χ3n) is 3.55. The molecule has 1 N–H and O–H groups in total. The largest absolute Gasteiger partial charge is 0.469 e. The number of hydrogen-bond donors (Lipinski definition) is 1. The van der Waals surface area contributed by atoms with Crippen LogP contribution in [0.2, 0.25) is 0 Å². The molecule has 0 radical (unpaired) electrons. The van der Waals surface area contributed by atoms with Gasteiger partial charge in [0.25, 0.3) is 0 Å². The molecule has 0 saturated heterocycles. The van der Waals surface area contributed by atoms with Crippen molar-refractivity contribution < 1.29 is 17.9 Å². The van der Waals surface area contributed by atoms with E-state index in [1.54, 1.807) is 42.7 Å². The minimum absolute atomic E-state index is 0.0405.